The number of nitrogens with two attached hydrogens (primary N) is 1. The molecule has 0 saturated heterocycles. The Labute approximate surface area is 79.7 Å². The van der Waals surface area contributed by atoms with E-state index in [0.717, 1.165) is 11.8 Å². The van der Waals surface area contributed by atoms with E-state index in [4.69, 9.17) is 10.8 Å². The van der Waals surface area contributed by atoms with E-state index in [2.05, 4.69) is 0 Å². The van der Waals surface area contributed by atoms with Gasteiger partial charge in [0.15, 0.2) is 0 Å². The third-order valence-electron chi connectivity index (χ3n) is 1.31. The summed E-state index contributed by atoms with van der Waals surface area (Å²) < 4.78 is 24.8. The number of hydrogen-bond donors (Lipinski definition) is 2. The summed E-state index contributed by atoms with van der Waals surface area (Å²) in [6.45, 7) is 1.77. The summed E-state index contributed by atoms with van der Waals surface area (Å²) in [7, 11) is 0. The fraction of sp³-hybridized carbons (Fsp3) is 0.857. The summed E-state index contributed by atoms with van der Waals surface area (Å²) in [6, 6.07) is -0.0362. The van der Waals surface area contributed by atoms with E-state index >= 15 is 0 Å². The van der Waals surface area contributed by atoms with E-state index in [1.807, 2.05) is 0 Å². The normalized spacial score (nSPS) is 14.2. The highest BCUT2D eigenvalue weighted by Crippen LogP contribution is 2.20. The Bertz CT molecular complexity index is 176. The summed E-state index contributed by atoms with van der Waals surface area (Å²) in [4.78, 5) is 9.96. The van der Waals surface area contributed by atoms with Gasteiger partial charge in [-0.3, -0.25) is 0 Å². The number of carboxylic acids is 1. The SMILES string of the molecule is CC(N)CCSCC(F)(F)C(=O)O. The molecule has 0 rings (SSSR count). The van der Waals surface area contributed by atoms with Crippen molar-refractivity contribution in [2.24, 2.45) is 5.73 Å². The van der Waals surface area contributed by atoms with Gasteiger partial charge < -0.3 is 10.8 Å². The highest BCUT2D eigenvalue weighted by molar-refractivity contribution is 7.99. The van der Waals surface area contributed by atoms with Crippen molar-refractivity contribution in [2.45, 2.75) is 25.3 Å². The topological polar surface area (TPSA) is 63.3 Å². The number of alkyl halides is 2. The van der Waals surface area contributed by atoms with Crippen LogP contribution in [0.15, 0.2) is 0 Å². The quantitative estimate of drug-likeness (QED) is 0.650. The number of halogens is 2. The van der Waals surface area contributed by atoms with Crippen molar-refractivity contribution in [3.63, 3.8) is 0 Å². The van der Waals surface area contributed by atoms with Crippen LogP contribution in [0.5, 0.6) is 0 Å². The predicted molar refractivity (Wildman–Crippen MR) is 48.2 cm³/mol. The van der Waals surface area contributed by atoms with E-state index in [1.165, 1.54) is 0 Å². The first kappa shape index (κ1) is 12.6. The van der Waals surface area contributed by atoms with E-state index in [-0.39, 0.29) is 6.04 Å². The minimum atomic E-state index is -3.62. The maximum Gasteiger partial charge on any atom is 0.375 e. The number of carbonyl (C=O) groups is 1. The van der Waals surface area contributed by atoms with Crippen LogP contribution in [0.25, 0.3) is 0 Å². The molecule has 0 heterocycles. The molecule has 0 aromatic carbocycles. The second kappa shape index (κ2) is 5.39. The average molecular weight is 213 g/mol. The summed E-state index contributed by atoms with van der Waals surface area (Å²) in [5.41, 5.74) is 5.38. The van der Waals surface area contributed by atoms with Gasteiger partial charge in [-0.2, -0.15) is 20.5 Å². The molecule has 3 nitrogen and oxygen atoms in total. The van der Waals surface area contributed by atoms with Crippen LogP contribution in [0.4, 0.5) is 8.78 Å². The maximum absolute atomic E-state index is 12.4. The van der Waals surface area contributed by atoms with Crippen LogP contribution < -0.4 is 5.73 Å². The van der Waals surface area contributed by atoms with E-state index in [1.54, 1.807) is 6.92 Å². The molecule has 0 spiro atoms. The first-order valence-corrected chi connectivity index (χ1v) is 4.96. The van der Waals surface area contributed by atoms with Gasteiger partial charge in [-0.1, -0.05) is 0 Å². The molecule has 0 fully saturated rings. The number of thioether (sulfide) groups is 1. The van der Waals surface area contributed by atoms with Gasteiger partial charge in [0, 0.05) is 6.04 Å². The van der Waals surface area contributed by atoms with Crippen LogP contribution >= 0.6 is 11.8 Å². The summed E-state index contributed by atoms with van der Waals surface area (Å²) in [5.74, 6) is -5.92. The number of carboxylic acid groups (broad SMARTS) is 1. The van der Waals surface area contributed by atoms with Crippen molar-refractivity contribution in [3.8, 4) is 0 Å². The third-order valence-corrected chi connectivity index (χ3v) is 2.40. The summed E-state index contributed by atoms with van der Waals surface area (Å²) >= 11 is 0.906. The molecule has 0 radical (unpaired) electrons. The largest absolute Gasteiger partial charge is 0.477 e. The second-order valence-electron chi connectivity index (χ2n) is 2.83. The summed E-state index contributed by atoms with van der Waals surface area (Å²) in [6.07, 6.45) is 0.611. The first-order valence-electron chi connectivity index (χ1n) is 3.81. The maximum atomic E-state index is 12.4. The van der Waals surface area contributed by atoms with E-state index in [9.17, 15) is 13.6 Å². The molecule has 3 N–H and O–H groups in total. The zero-order valence-corrected chi connectivity index (χ0v) is 8.11. The van der Waals surface area contributed by atoms with Crippen LogP contribution in [0.1, 0.15) is 13.3 Å². The van der Waals surface area contributed by atoms with Crippen molar-refractivity contribution in [1.29, 1.82) is 0 Å². The van der Waals surface area contributed by atoms with Gasteiger partial charge in [0.2, 0.25) is 0 Å². The predicted octanol–water partition coefficient (Wildman–Crippen LogP) is 1.18. The smallest absolute Gasteiger partial charge is 0.375 e. The molecule has 0 aliphatic carbocycles. The minimum Gasteiger partial charge on any atom is -0.477 e. The highest BCUT2D eigenvalue weighted by Gasteiger charge is 2.38. The number of hydrogen-bond acceptors (Lipinski definition) is 3. The zero-order chi connectivity index (χ0) is 10.5. The van der Waals surface area contributed by atoms with Crippen molar-refractivity contribution in [1.82, 2.24) is 0 Å². The van der Waals surface area contributed by atoms with E-state index in [0.29, 0.717) is 12.2 Å². The molecular weight excluding hydrogens is 200 g/mol. The Morgan fingerprint density at radius 1 is 1.69 bits per heavy atom. The Balaban J connectivity index is 3.58. The molecule has 0 aromatic heterocycles. The van der Waals surface area contributed by atoms with Gasteiger partial charge in [0.25, 0.3) is 0 Å². The Hall–Kier alpha value is -0.360. The van der Waals surface area contributed by atoms with Crippen LogP contribution in [0, 0.1) is 0 Å². The van der Waals surface area contributed by atoms with Gasteiger partial charge in [-0.25, -0.2) is 4.79 Å². The second-order valence-corrected chi connectivity index (χ2v) is 3.93. The fourth-order valence-corrected chi connectivity index (χ4v) is 1.59. The zero-order valence-electron chi connectivity index (χ0n) is 7.30. The van der Waals surface area contributed by atoms with Crippen molar-refractivity contribution < 1.29 is 18.7 Å². The van der Waals surface area contributed by atoms with Crippen LogP contribution in [-0.4, -0.2) is 34.5 Å². The molecule has 13 heavy (non-hydrogen) atoms. The molecule has 0 bridgehead atoms. The summed E-state index contributed by atoms with van der Waals surface area (Å²) in [5, 5.41) is 8.06. The molecule has 1 atom stereocenters. The van der Waals surface area contributed by atoms with Crippen molar-refractivity contribution >= 4 is 17.7 Å². The minimum absolute atomic E-state index is 0.0362. The highest BCUT2D eigenvalue weighted by atomic mass is 32.2. The van der Waals surface area contributed by atoms with Crippen molar-refractivity contribution in [3.05, 3.63) is 0 Å². The van der Waals surface area contributed by atoms with Gasteiger partial charge in [0.05, 0.1) is 5.75 Å². The van der Waals surface area contributed by atoms with Gasteiger partial charge in [-0.15, -0.1) is 0 Å². The lowest BCUT2D eigenvalue weighted by Crippen LogP contribution is -2.31. The lowest BCUT2D eigenvalue weighted by Gasteiger charge is -2.10. The molecule has 0 aliphatic rings. The molecule has 0 aromatic rings. The first-order chi connectivity index (χ1) is 5.86. The molecule has 1 unspecified atom stereocenters. The molecule has 0 amide bonds. The van der Waals surface area contributed by atoms with Crippen molar-refractivity contribution in [2.75, 3.05) is 11.5 Å². The fourth-order valence-electron chi connectivity index (χ4n) is 0.531. The lowest BCUT2D eigenvalue weighted by molar-refractivity contribution is -0.161. The molecular formula is C7H13F2NO2S. The van der Waals surface area contributed by atoms with Gasteiger partial charge in [-0.05, 0) is 19.1 Å². The Morgan fingerprint density at radius 2 is 2.23 bits per heavy atom. The van der Waals surface area contributed by atoms with Gasteiger partial charge >= 0.3 is 11.9 Å². The molecule has 0 saturated carbocycles. The molecule has 78 valence electrons. The average Bonchev–Trinajstić information content (AvgIpc) is 1.97. The third kappa shape index (κ3) is 5.81. The lowest BCUT2D eigenvalue weighted by atomic mass is 10.3. The van der Waals surface area contributed by atoms with Crippen LogP contribution in [0.3, 0.4) is 0 Å². The number of rotatable bonds is 6. The monoisotopic (exact) mass is 213 g/mol. The Kier molecular flexibility index (Phi) is 5.24. The van der Waals surface area contributed by atoms with E-state index < -0.39 is 17.6 Å². The van der Waals surface area contributed by atoms with Gasteiger partial charge in [0.1, 0.15) is 0 Å². The number of aliphatic carboxylic acids is 1. The molecule has 6 heteroatoms. The van der Waals surface area contributed by atoms with Crippen LogP contribution in [0.2, 0.25) is 0 Å². The van der Waals surface area contributed by atoms with Crippen LogP contribution in [-0.2, 0) is 4.79 Å². The molecule has 0 aliphatic heterocycles. The Morgan fingerprint density at radius 3 is 2.62 bits per heavy atom. The standard InChI is InChI=1S/C7H13F2NO2S/c1-5(10)2-3-13-4-7(8,9)6(11)12/h5H,2-4,10H2,1H3,(H,11,12).